The van der Waals surface area contributed by atoms with E-state index in [-0.39, 0.29) is 5.75 Å². The van der Waals surface area contributed by atoms with Gasteiger partial charge < -0.3 is 5.32 Å². The van der Waals surface area contributed by atoms with Crippen LogP contribution < -0.4 is 10.0 Å². The van der Waals surface area contributed by atoms with Gasteiger partial charge in [0.1, 0.15) is 0 Å². The Bertz CT molecular complexity index is 728. The second kappa shape index (κ2) is 6.49. The van der Waals surface area contributed by atoms with E-state index in [0.29, 0.717) is 5.69 Å². The molecule has 0 atom stereocenters. The summed E-state index contributed by atoms with van der Waals surface area (Å²) in [5.74, 6) is 0.0607. The predicted molar refractivity (Wildman–Crippen MR) is 91.7 cm³/mol. The molecular weight excluding hydrogens is 352 g/mol. The first-order chi connectivity index (χ1) is 9.89. The number of anilines is 3. The van der Waals surface area contributed by atoms with Crippen molar-refractivity contribution < 1.29 is 8.42 Å². The molecule has 0 unspecified atom stereocenters. The van der Waals surface area contributed by atoms with Crippen LogP contribution >= 0.6 is 15.9 Å². The summed E-state index contributed by atoms with van der Waals surface area (Å²) < 4.78 is 26.5. The molecule has 0 aliphatic heterocycles. The molecule has 21 heavy (non-hydrogen) atoms. The van der Waals surface area contributed by atoms with Crippen LogP contribution in [-0.2, 0) is 10.0 Å². The smallest absolute Gasteiger partial charge is 0.232 e. The van der Waals surface area contributed by atoms with Gasteiger partial charge in [0.05, 0.1) is 5.75 Å². The highest BCUT2D eigenvalue weighted by atomic mass is 79.9. The van der Waals surface area contributed by atoms with Crippen LogP contribution in [0, 0.1) is 6.92 Å². The number of sulfonamides is 1. The van der Waals surface area contributed by atoms with Crippen molar-refractivity contribution in [1.29, 1.82) is 0 Å². The van der Waals surface area contributed by atoms with Crippen LogP contribution in [0.1, 0.15) is 12.5 Å². The van der Waals surface area contributed by atoms with Crippen molar-refractivity contribution in [2.45, 2.75) is 13.8 Å². The third kappa shape index (κ3) is 4.47. The normalized spacial score (nSPS) is 11.2. The monoisotopic (exact) mass is 368 g/mol. The fourth-order valence-corrected chi connectivity index (χ4v) is 2.65. The first kappa shape index (κ1) is 15.9. The first-order valence-electron chi connectivity index (χ1n) is 6.53. The Labute approximate surface area is 133 Å². The van der Waals surface area contributed by atoms with Crippen LogP contribution in [0.5, 0.6) is 0 Å². The molecule has 0 aromatic heterocycles. The van der Waals surface area contributed by atoms with Gasteiger partial charge in [-0.1, -0.05) is 15.9 Å². The Kier molecular flexibility index (Phi) is 4.90. The topological polar surface area (TPSA) is 58.2 Å². The summed E-state index contributed by atoms with van der Waals surface area (Å²) in [6.45, 7) is 3.63. The fraction of sp³-hybridized carbons (Fsp3) is 0.200. The molecule has 2 rings (SSSR count). The highest BCUT2D eigenvalue weighted by molar-refractivity contribution is 9.10. The predicted octanol–water partition coefficient (Wildman–Crippen LogP) is 4.26. The average Bonchev–Trinajstić information content (AvgIpc) is 2.45. The summed E-state index contributed by atoms with van der Waals surface area (Å²) in [5.41, 5.74) is 3.59. The minimum atomic E-state index is -3.23. The molecule has 2 aromatic carbocycles. The van der Waals surface area contributed by atoms with Crippen molar-refractivity contribution in [2.24, 2.45) is 0 Å². The summed E-state index contributed by atoms with van der Waals surface area (Å²) in [4.78, 5) is 0. The molecule has 112 valence electrons. The number of halogens is 1. The Hall–Kier alpha value is -1.53. The second-order valence-electron chi connectivity index (χ2n) is 4.67. The zero-order valence-electron chi connectivity index (χ0n) is 11.9. The summed E-state index contributed by atoms with van der Waals surface area (Å²) in [7, 11) is -3.23. The zero-order chi connectivity index (χ0) is 15.5. The molecule has 6 heteroatoms. The molecule has 2 aromatic rings. The lowest BCUT2D eigenvalue weighted by Gasteiger charge is -2.10. The second-order valence-corrected chi connectivity index (χ2v) is 7.54. The van der Waals surface area contributed by atoms with E-state index in [1.54, 1.807) is 19.1 Å². The van der Waals surface area contributed by atoms with Crippen molar-refractivity contribution >= 4 is 43.0 Å². The van der Waals surface area contributed by atoms with Gasteiger partial charge in [-0.2, -0.15) is 0 Å². The zero-order valence-corrected chi connectivity index (χ0v) is 14.3. The summed E-state index contributed by atoms with van der Waals surface area (Å²) >= 11 is 3.47. The van der Waals surface area contributed by atoms with E-state index in [0.717, 1.165) is 21.4 Å². The van der Waals surface area contributed by atoms with E-state index in [9.17, 15) is 8.42 Å². The number of hydrogen-bond acceptors (Lipinski definition) is 3. The van der Waals surface area contributed by atoms with Gasteiger partial charge >= 0.3 is 0 Å². The van der Waals surface area contributed by atoms with Gasteiger partial charge in [-0.3, -0.25) is 4.72 Å². The van der Waals surface area contributed by atoms with E-state index in [4.69, 9.17) is 0 Å². The van der Waals surface area contributed by atoms with Crippen LogP contribution in [0.2, 0.25) is 0 Å². The standard InChI is InChI=1S/C15H17BrN2O2S/c1-3-21(19,20)18-13-6-4-12(5-7-13)17-14-8-9-15(16)11(2)10-14/h4-10,17-18H,3H2,1-2H3. The van der Waals surface area contributed by atoms with Crippen molar-refractivity contribution in [3.05, 3.63) is 52.5 Å². The SMILES string of the molecule is CCS(=O)(=O)Nc1ccc(Nc2ccc(Br)c(C)c2)cc1. The van der Waals surface area contributed by atoms with Crippen molar-refractivity contribution in [3.63, 3.8) is 0 Å². The van der Waals surface area contributed by atoms with E-state index in [2.05, 4.69) is 26.0 Å². The molecular formula is C15H17BrN2O2S. The highest BCUT2D eigenvalue weighted by Crippen LogP contribution is 2.24. The number of rotatable bonds is 5. The van der Waals surface area contributed by atoms with Crippen molar-refractivity contribution in [2.75, 3.05) is 15.8 Å². The van der Waals surface area contributed by atoms with Gasteiger partial charge in [-0.05, 0) is 61.9 Å². The molecule has 0 spiro atoms. The van der Waals surface area contributed by atoms with Crippen LogP contribution in [0.15, 0.2) is 46.9 Å². The summed E-state index contributed by atoms with van der Waals surface area (Å²) in [6, 6.07) is 13.2. The molecule has 0 fully saturated rings. The van der Waals surface area contributed by atoms with Crippen molar-refractivity contribution in [1.82, 2.24) is 0 Å². The van der Waals surface area contributed by atoms with Gasteiger partial charge in [0.15, 0.2) is 0 Å². The van der Waals surface area contributed by atoms with Crippen LogP contribution in [0.4, 0.5) is 17.1 Å². The Balaban J connectivity index is 2.10. The van der Waals surface area contributed by atoms with Gasteiger partial charge in [0.25, 0.3) is 0 Å². The Morgan fingerprint density at radius 2 is 1.57 bits per heavy atom. The van der Waals surface area contributed by atoms with Gasteiger partial charge in [0, 0.05) is 21.5 Å². The first-order valence-corrected chi connectivity index (χ1v) is 8.98. The van der Waals surface area contributed by atoms with Crippen molar-refractivity contribution in [3.8, 4) is 0 Å². The molecule has 0 radical (unpaired) electrons. The minimum Gasteiger partial charge on any atom is -0.356 e. The van der Waals surface area contributed by atoms with E-state index >= 15 is 0 Å². The third-order valence-electron chi connectivity index (χ3n) is 2.98. The van der Waals surface area contributed by atoms with Crippen LogP contribution in [0.3, 0.4) is 0 Å². The molecule has 0 heterocycles. The molecule has 0 amide bonds. The van der Waals surface area contributed by atoms with Gasteiger partial charge in [-0.25, -0.2) is 8.42 Å². The lowest BCUT2D eigenvalue weighted by atomic mass is 10.2. The Morgan fingerprint density at radius 3 is 2.14 bits per heavy atom. The number of nitrogens with one attached hydrogen (secondary N) is 2. The number of benzene rings is 2. The molecule has 0 saturated heterocycles. The molecule has 0 saturated carbocycles. The van der Waals surface area contributed by atoms with Crippen LogP contribution in [0.25, 0.3) is 0 Å². The van der Waals surface area contributed by atoms with E-state index < -0.39 is 10.0 Å². The molecule has 2 N–H and O–H groups in total. The molecule has 0 bridgehead atoms. The lowest BCUT2D eigenvalue weighted by molar-refractivity contribution is 0.602. The molecule has 0 aliphatic rings. The summed E-state index contributed by atoms with van der Waals surface area (Å²) in [5, 5.41) is 3.28. The maximum absolute atomic E-state index is 11.5. The van der Waals surface area contributed by atoms with Gasteiger partial charge in [-0.15, -0.1) is 0 Å². The number of aryl methyl sites for hydroxylation is 1. The molecule has 4 nitrogen and oxygen atoms in total. The fourth-order valence-electron chi connectivity index (χ4n) is 1.76. The van der Waals surface area contributed by atoms with Crippen LogP contribution in [-0.4, -0.2) is 14.2 Å². The maximum atomic E-state index is 11.5. The highest BCUT2D eigenvalue weighted by Gasteiger charge is 2.06. The maximum Gasteiger partial charge on any atom is 0.232 e. The lowest BCUT2D eigenvalue weighted by Crippen LogP contribution is -2.14. The van der Waals surface area contributed by atoms with Gasteiger partial charge in [0.2, 0.25) is 10.0 Å². The summed E-state index contributed by atoms with van der Waals surface area (Å²) in [6.07, 6.45) is 0. The number of hydrogen-bond donors (Lipinski definition) is 2. The van der Waals surface area contributed by atoms with E-state index in [1.807, 2.05) is 37.3 Å². The largest absolute Gasteiger partial charge is 0.356 e. The average molecular weight is 369 g/mol. The minimum absolute atomic E-state index is 0.0607. The quantitative estimate of drug-likeness (QED) is 0.828. The third-order valence-corrected chi connectivity index (χ3v) is 5.18. The molecule has 0 aliphatic carbocycles. The Morgan fingerprint density at radius 1 is 1.00 bits per heavy atom. The van der Waals surface area contributed by atoms with E-state index in [1.165, 1.54) is 0 Å².